The van der Waals surface area contributed by atoms with Crippen molar-refractivity contribution in [1.82, 2.24) is 0 Å². The van der Waals surface area contributed by atoms with Crippen molar-refractivity contribution >= 4 is 23.9 Å². The van der Waals surface area contributed by atoms with E-state index in [4.69, 9.17) is 4.74 Å². The Bertz CT molecular complexity index is 620. The number of carbonyl (C=O) groups excluding carboxylic acids is 4. The summed E-state index contributed by atoms with van der Waals surface area (Å²) in [5.41, 5.74) is 0.752. The maximum absolute atomic E-state index is 11.6. The van der Waals surface area contributed by atoms with Gasteiger partial charge in [0.25, 0.3) is 0 Å². The molecule has 0 aliphatic carbocycles. The highest BCUT2D eigenvalue weighted by atomic mass is 16.6. The van der Waals surface area contributed by atoms with E-state index in [1.807, 2.05) is 6.07 Å². The van der Waals surface area contributed by atoms with E-state index in [2.05, 4.69) is 9.47 Å². The van der Waals surface area contributed by atoms with Crippen LogP contribution in [0.25, 0.3) is 0 Å². The van der Waals surface area contributed by atoms with Gasteiger partial charge < -0.3 is 14.2 Å². The van der Waals surface area contributed by atoms with Crippen LogP contribution in [-0.2, 0) is 39.8 Å². The predicted molar refractivity (Wildman–Crippen MR) is 87.2 cm³/mol. The van der Waals surface area contributed by atoms with Crippen molar-refractivity contribution in [3.05, 3.63) is 48.0 Å². The summed E-state index contributed by atoms with van der Waals surface area (Å²) < 4.78 is 14.1. The van der Waals surface area contributed by atoms with Crippen LogP contribution in [0.3, 0.4) is 0 Å². The zero-order chi connectivity index (χ0) is 18.5. The molecule has 0 atom stereocenters. The summed E-state index contributed by atoms with van der Waals surface area (Å²) in [7, 11) is 0. The molecule has 0 aliphatic rings. The maximum Gasteiger partial charge on any atom is 0.331 e. The van der Waals surface area contributed by atoms with Gasteiger partial charge in [0.15, 0.2) is 0 Å². The molecule has 134 valence electrons. The van der Waals surface area contributed by atoms with Crippen molar-refractivity contribution in [2.24, 2.45) is 0 Å². The first kappa shape index (κ1) is 20.1. The maximum atomic E-state index is 11.6. The molecule has 0 fully saturated rings. The van der Waals surface area contributed by atoms with Crippen molar-refractivity contribution in [3.8, 4) is 0 Å². The highest BCUT2D eigenvalue weighted by Crippen LogP contribution is 2.02. The zero-order valence-corrected chi connectivity index (χ0v) is 13.9. The Hall–Kier alpha value is -2.96. The van der Waals surface area contributed by atoms with Gasteiger partial charge in [-0.25, -0.2) is 9.59 Å². The second-order valence-electron chi connectivity index (χ2n) is 4.86. The van der Waals surface area contributed by atoms with Gasteiger partial charge in [0.1, 0.15) is 0 Å². The van der Waals surface area contributed by atoms with Gasteiger partial charge in [0.05, 0.1) is 19.6 Å². The first-order valence-corrected chi connectivity index (χ1v) is 7.80. The lowest BCUT2D eigenvalue weighted by molar-refractivity contribution is -0.159. The fourth-order valence-corrected chi connectivity index (χ4v) is 1.74. The third-order valence-electron chi connectivity index (χ3n) is 2.83. The average Bonchev–Trinajstić information content (AvgIpc) is 2.58. The molecule has 0 radical (unpaired) electrons. The molecule has 0 spiro atoms. The highest BCUT2D eigenvalue weighted by molar-refractivity contribution is 5.91. The fourth-order valence-electron chi connectivity index (χ4n) is 1.74. The number of hydrogen-bond acceptors (Lipinski definition) is 7. The molecule has 0 aromatic heterocycles. The summed E-state index contributed by atoms with van der Waals surface area (Å²) in [6.45, 7) is 1.82. The number of rotatable bonds is 9. The third-order valence-corrected chi connectivity index (χ3v) is 2.83. The van der Waals surface area contributed by atoms with E-state index in [0.29, 0.717) is 0 Å². The van der Waals surface area contributed by atoms with E-state index >= 15 is 0 Å². The van der Waals surface area contributed by atoms with Crippen LogP contribution in [0.2, 0.25) is 0 Å². The minimum Gasteiger partial charge on any atom is -0.463 e. The normalized spacial score (nSPS) is 10.3. The molecule has 0 N–H and O–H groups in total. The lowest BCUT2D eigenvalue weighted by atomic mass is 10.2. The standard InChI is InChI=1S/C18H20O7/c1-2-23-15(19)10-11-16(20)24-12-6-9-17(21)25-18(22)13-14-7-4-3-5-8-14/h3-5,7-8,10-11H,2,6,9,12-13H2,1H3. The second-order valence-corrected chi connectivity index (χ2v) is 4.86. The quantitative estimate of drug-likeness (QED) is 0.220. The monoisotopic (exact) mass is 348 g/mol. The van der Waals surface area contributed by atoms with Crippen LogP contribution in [0.4, 0.5) is 0 Å². The Morgan fingerprint density at radius 2 is 1.56 bits per heavy atom. The van der Waals surface area contributed by atoms with Gasteiger partial charge >= 0.3 is 23.9 Å². The molecule has 25 heavy (non-hydrogen) atoms. The molecule has 7 heteroatoms. The van der Waals surface area contributed by atoms with E-state index in [1.54, 1.807) is 31.2 Å². The van der Waals surface area contributed by atoms with Crippen molar-refractivity contribution in [2.45, 2.75) is 26.2 Å². The van der Waals surface area contributed by atoms with Crippen LogP contribution < -0.4 is 0 Å². The summed E-state index contributed by atoms with van der Waals surface area (Å²) in [6, 6.07) is 8.91. The molecule has 1 aromatic carbocycles. The zero-order valence-electron chi connectivity index (χ0n) is 13.9. The SMILES string of the molecule is CCOC(=O)C=CC(=O)OCCCC(=O)OC(=O)Cc1ccccc1. The molecule has 0 heterocycles. The van der Waals surface area contributed by atoms with Crippen molar-refractivity contribution in [1.29, 1.82) is 0 Å². The van der Waals surface area contributed by atoms with Crippen LogP contribution in [0.5, 0.6) is 0 Å². The summed E-state index contributed by atoms with van der Waals surface area (Å²) in [5.74, 6) is -2.67. The van der Waals surface area contributed by atoms with Crippen molar-refractivity contribution in [2.75, 3.05) is 13.2 Å². The Morgan fingerprint density at radius 3 is 2.20 bits per heavy atom. The van der Waals surface area contributed by atoms with Crippen LogP contribution in [0.15, 0.2) is 42.5 Å². The minimum atomic E-state index is -0.721. The molecule has 7 nitrogen and oxygen atoms in total. The lowest BCUT2D eigenvalue weighted by Gasteiger charge is -2.04. The Balaban J connectivity index is 2.17. The van der Waals surface area contributed by atoms with Gasteiger partial charge in [0, 0.05) is 18.6 Å². The highest BCUT2D eigenvalue weighted by Gasteiger charge is 2.11. The number of esters is 4. The fraction of sp³-hybridized carbons (Fsp3) is 0.333. The molecular formula is C18H20O7. The summed E-state index contributed by atoms with van der Waals surface area (Å²) in [5, 5.41) is 0. The van der Waals surface area contributed by atoms with Gasteiger partial charge in [-0.15, -0.1) is 0 Å². The van der Waals surface area contributed by atoms with Crippen molar-refractivity contribution < 1.29 is 33.4 Å². The van der Waals surface area contributed by atoms with Crippen molar-refractivity contribution in [3.63, 3.8) is 0 Å². The summed E-state index contributed by atoms with van der Waals surface area (Å²) in [6.07, 6.45) is 2.06. The smallest absolute Gasteiger partial charge is 0.331 e. The molecule has 0 aliphatic heterocycles. The molecule has 0 saturated carbocycles. The topological polar surface area (TPSA) is 96.0 Å². The predicted octanol–water partition coefficient (Wildman–Crippen LogP) is 1.74. The van der Waals surface area contributed by atoms with E-state index in [0.717, 1.165) is 17.7 Å². The summed E-state index contributed by atoms with van der Waals surface area (Å²) in [4.78, 5) is 45.4. The van der Waals surface area contributed by atoms with Crippen LogP contribution in [0.1, 0.15) is 25.3 Å². The van der Waals surface area contributed by atoms with Gasteiger partial charge in [-0.2, -0.15) is 0 Å². The van der Waals surface area contributed by atoms with E-state index in [-0.39, 0.29) is 32.5 Å². The van der Waals surface area contributed by atoms with E-state index in [9.17, 15) is 19.2 Å². The average molecular weight is 348 g/mol. The number of hydrogen-bond donors (Lipinski definition) is 0. The van der Waals surface area contributed by atoms with Gasteiger partial charge in [-0.3, -0.25) is 9.59 Å². The largest absolute Gasteiger partial charge is 0.463 e. The molecule has 1 rings (SSSR count). The summed E-state index contributed by atoms with van der Waals surface area (Å²) >= 11 is 0. The Morgan fingerprint density at radius 1 is 0.920 bits per heavy atom. The van der Waals surface area contributed by atoms with Gasteiger partial charge in [-0.1, -0.05) is 30.3 Å². The minimum absolute atomic E-state index is 0.0141. The first-order chi connectivity index (χ1) is 12.0. The number of carbonyl (C=O) groups is 4. The molecule has 0 amide bonds. The van der Waals surface area contributed by atoms with Crippen LogP contribution in [0, 0.1) is 0 Å². The van der Waals surface area contributed by atoms with Crippen LogP contribution >= 0.6 is 0 Å². The lowest BCUT2D eigenvalue weighted by Crippen LogP contribution is -2.15. The second kappa shape index (κ2) is 11.6. The Kier molecular flexibility index (Phi) is 9.28. The van der Waals surface area contributed by atoms with E-state index < -0.39 is 23.9 Å². The van der Waals surface area contributed by atoms with E-state index in [1.165, 1.54) is 0 Å². The van der Waals surface area contributed by atoms with Gasteiger partial charge in [0.2, 0.25) is 0 Å². The first-order valence-electron chi connectivity index (χ1n) is 7.80. The number of ether oxygens (including phenoxy) is 3. The van der Waals surface area contributed by atoms with Gasteiger partial charge in [-0.05, 0) is 18.9 Å². The molecule has 0 unspecified atom stereocenters. The molecule has 0 bridgehead atoms. The molecule has 0 saturated heterocycles. The molecule has 1 aromatic rings. The number of benzene rings is 1. The Labute approximate surface area is 145 Å². The molecular weight excluding hydrogens is 328 g/mol. The third kappa shape index (κ3) is 9.70. The van der Waals surface area contributed by atoms with Crippen LogP contribution in [-0.4, -0.2) is 37.1 Å².